The topological polar surface area (TPSA) is 113 Å². The fraction of sp³-hybridized carbons (Fsp3) is 0.438. The molecule has 0 aromatic heterocycles. The highest BCUT2D eigenvalue weighted by Crippen LogP contribution is 2.19. The number of hydrogen-bond donors (Lipinski definition) is 4. The molecule has 130 valence electrons. The number of primary amides is 1. The summed E-state index contributed by atoms with van der Waals surface area (Å²) < 4.78 is 0. The molecule has 0 aliphatic carbocycles. The molecule has 8 heteroatoms. The summed E-state index contributed by atoms with van der Waals surface area (Å²) in [6.07, 6.45) is 0.299. The molecule has 2 rings (SSSR count). The van der Waals surface area contributed by atoms with Crippen molar-refractivity contribution in [1.29, 1.82) is 0 Å². The zero-order chi connectivity index (χ0) is 17.7. The fourth-order valence-electron chi connectivity index (χ4n) is 2.44. The van der Waals surface area contributed by atoms with E-state index in [9.17, 15) is 14.4 Å². The number of rotatable bonds is 6. The van der Waals surface area contributed by atoms with E-state index in [1.807, 2.05) is 32.0 Å². The molecule has 1 fully saturated rings. The van der Waals surface area contributed by atoms with Gasteiger partial charge in [-0.1, -0.05) is 12.1 Å². The van der Waals surface area contributed by atoms with Gasteiger partial charge in [0, 0.05) is 24.6 Å². The molecule has 1 aliphatic rings. The molecule has 0 spiro atoms. The molecule has 1 saturated heterocycles. The van der Waals surface area contributed by atoms with Gasteiger partial charge in [-0.3, -0.25) is 19.7 Å². The van der Waals surface area contributed by atoms with Gasteiger partial charge in [-0.25, -0.2) is 0 Å². The molecule has 1 aliphatic heterocycles. The van der Waals surface area contributed by atoms with Crippen molar-refractivity contribution in [2.24, 2.45) is 5.73 Å². The van der Waals surface area contributed by atoms with E-state index in [0.717, 1.165) is 16.8 Å². The second-order valence-electron chi connectivity index (χ2n) is 5.79. The van der Waals surface area contributed by atoms with Crippen LogP contribution in [-0.4, -0.2) is 35.0 Å². The molecule has 0 saturated carbocycles. The Hall–Kier alpha value is -2.06. The molecule has 0 radical (unpaired) electrons. The number of benzene rings is 1. The first kappa shape index (κ1) is 18.3. The van der Waals surface area contributed by atoms with Crippen LogP contribution in [0, 0.1) is 13.8 Å². The number of carbonyl (C=O) groups is 3. The van der Waals surface area contributed by atoms with Gasteiger partial charge in [-0.05, 0) is 31.0 Å². The molecule has 2 unspecified atom stereocenters. The minimum atomic E-state index is -0.460. The number of aryl methyl sites for hydroxylation is 1. The van der Waals surface area contributed by atoms with Gasteiger partial charge in [-0.15, -0.1) is 11.8 Å². The van der Waals surface area contributed by atoms with Gasteiger partial charge in [-0.2, -0.15) is 0 Å². The van der Waals surface area contributed by atoms with Crippen molar-refractivity contribution in [3.63, 3.8) is 0 Å². The molecule has 7 nitrogen and oxygen atoms in total. The van der Waals surface area contributed by atoms with Crippen molar-refractivity contribution in [3.8, 4) is 0 Å². The maximum absolute atomic E-state index is 12.1. The number of carbonyl (C=O) groups excluding carboxylic acids is 3. The lowest BCUT2D eigenvalue weighted by Gasteiger charge is -2.30. The molecule has 3 amide bonds. The van der Waals surface area contributed by atoms with Crippen molar-refractivity contribution in [2.75, 3.05) is 11.1 Å². The van der Waals surface area contributed by atoms with Gasteiger partial charge in [0.2, 0.25) is 17.7 Å². The highest BCUT2D eigenvalue weighted by atomic mass is 32.2. The largest absolute Gasteiger partial charge is 0.370 e. The number of nitrogens with two attached hydrogens (primary N) is 1. The monoisotopic (exact) mass is 350 g/mol. The van der Waals surface area contributed by atoms with Crippen molar-refractivity contribution >= 4 is 35.2 Å². The summed E-state index contributed by atoms with van der Waals surface area (Å²) in [4.78, 5) is 34.8. The van der Waals surface area contributed by atoms with Crippen LogP contribution in [0.2, 0.25) is 0 Å². The molecule has 1 aromatic carbocycles. The Kier molecular flexibility index (Phi) is 6.22. The highest BCUT2D eigenvalue weighted by molar-refractivity contribution is 8.00. The van der Waals surface area contributed by atoms with Crippen LogP contribution in [0.1, 0.15) is 24.0 Å². The Labute approximate surface area is 145 Å². The van der Waals surface area contributed by atoms with Crippen LogP contribution >= 0.6 is 11.8 Å². The summed E-state index contributed by atoms with van der Waals surface area (Å²) in [7, 11) is 0. The molecule has 1 heterocycles. The van der Waals surface area contributed by atoms with E-state index in [0.29, 0.717) is 0 Å². The Morgan fingerprint density at radius 2 is 2.12 bits per heavy atom. The summed E-state index contributed by atoms with van der Waals surface area (Å²) in [6.45, 7) is 3.94. The van der Waals surface area contributed by atoms with Gasteiger partial charge < -0.3 is 16.4 Å². The fourth-order valence-corrected chi connectivity index (χ4v) is 3.33. The molecule has 0 bridgehead atoms. The first-order valence-electron chi connectivity index (χ1n) is 7.66. The van der Waals surface area contributed by atoms with E-state index < -0.39 is 11.4 Å². The summed E-state index contributed by atoms with van der Waals surface area (Å²) in [5.41, 5.74) is 7.67. The molecular formula is C16H22N4O3S. The molecule has 24 heavy (non-hydrogen) atoms. The summed E-state index contributed by atoms with van der Waals surface area (Å²) >= 11 is 1.26. The predicted molar refractivity (Wildman–Crippen MR) is 94.3 cm³/mol. The lowest BCUT2D eigenvalue weighted by atomic mass is 10.1. The molecule has 1 aromatic rings. The lowest BCUT2D eigenvalue weighted by Crippen LogP contribution is -2.55. The predicted octanol–water partition coefficient (Wildman–Crippen LogP) is 0.612. The minimum Gasteiger partial charge on any atom is -0.370 e. The van der Waals surface area contributed by atoms with Crippen LogP contribution in [0.25, 0.3) is 0 Å². The standard InChI is InChI=1S/C16H22N4O3S/c1-9-4-3-5-12(10(9)2)19-15(23)8-24-16-18-11(6-13(17)21)7-14(22)20-16/h3-5,11,16,18H,6-8H2,1-2H3,(H2,17,21)(H,19,23)(H,20,22). The van der Waals surface area contributed by atoms with Crippen molar-refractivity contribution in [2.45, 2.75) is 38.2 Å². The van der Waals surface area contributed by atoms with Gasteiger partial charge in [0.15, 0.2) is 0 Å². The summed E-state index contributed by atoms with van der Waals surface area (Å²) in [5, 5.41) is 8.72. The van der Waals surface area contributed by atoms with Crippen LogP contribution in [0.15, 0.2) is 18.2 Å². The number of nitrogens with one attached hydrogen (secondary N) is 3. The van der Waals surface area contributed by atoms with E-state index in [-0.39, 0.29) is 36.5 Å². The smallest absolute Gasteiger partial charge is 0.234 e. The Morgan fingerprint density at radius 3 is 2.83 bits per heavy atom. The van der Waals surface area contributed by atoms with E-state index in [4.69, 9.17) is 5.73 Å². The maximum atomic E-state index is 12.1. The van der Waals surface area contributed by atoms with Gasteiger partial charge >= 0.3 is 0 Å². The minimum absolute atomic E-state index is 0.0964. The SMILES string of the molecule is Cc1cccc(NC(=O)CSC2NC(=O)CC(CC(N)=O)N2)c1C. The van der Waals surface area contributed by atoms with E-state index in [1.165, 1.54) is 11.8 Å². The van der Waals surface area contributed by atoms with Crippen LogP contribution in [0.5, 0.6) is 0 Å². The highest BCUT2D eigenvalue weighted by Gasteiger charge is 2.27. The van der Waals surface area contributed by atoms with Crippen LogP contribution in [0.4, 0.5) is 5.69 Å². The molecule has 2 atom stereocenters. The van der Waals surface area contributed by atoms with E-state index in [2.05, 4.69) is 16.0 Å². The van der Waals surface area contributed by atoms with Crippen molar-refractivity contribution in [1.82, 2.24) is 10.6 Å². The first-order valence-corrected chi connectivity index (χ1v) is 8.71. The second-order valence-corrected chi connectivity index (χ2v) is 6.89. The van der Waals surface area contributed by atoms with Gasteiger partial charge in [0.05, 0.1) is 5.75 Å². The first-order chi connectivity index (χ1) is 11.3. The van der Waals surface area contributed by atoms with E-state index >= 15 is 0 Å². The third-order valence-electron chi connectivity index (χ3n) is 3.82. The second kappa shape index (κ2) is 8.16. The third-order valence-corrected chi connectivity index (χ3v) is 4.83. The zero-order valence-electron chi connectivity index (χ0n) is 13.7. The van der Waals surface area contributed by atoms with Gasteiger partial charge in [0.25, 0.3) is 0 Å². The normalized spacial score (nSPS) is 20.3. The number of hydrogen-bond acceptors (Lipinski definition) is 5. The average molecular weight is 350 g/mol. The number of thioether (sulfide) groups is 1. The molecular weight excluding hydrogens is 328 g/mol. The molecule has 5 N–H and O–H groups in total. The lowest BCUT2D eigenvalue weighted by molar-refractivity contribution is -0.124. The van der Waals surface area contributed by atoms with Crippen molar-refractivity contribution < 1.29 is 14.4 Å². The summed E-state index contributed by atoms with van der Waals surface area (Å²) in [5.74, 6) is -0.595. The average Bonchev–Trinajstić information content (AvgIpc) is 2.48. The van der Waals surface area contributed by atoms with Crippen molar-refractivity contribution in [3.05, 3.63) is 29.3 Å². The van der Waals surface area contributed by atoms with Crippen LogP contribution < -0.4 is 21.7 Å². The quantitative estimate of drug-likeness (QED) is 0.600. The van der Waals surface area contributed by atoms with Gasteiger partial charge in [0.1, 0.15) is 5.50 Å². The number of anilines is 1. The summed E-state index contributed by atoms with van der Waals surface area (Å²) in [6, 6.07) is 5.44. The number of amides is 3. The van der Waals surface area contributed by atoms with E-state index in [1.54, 1.807) is 0 Å². The van der Waals surface area contributed by atoms with Crippen LogP contribution in [0.3, 0.4) is 0 Å². The van der Waals surface area contributed by atoms with Crippen LogP contribution in [-0.2, 0) is 14.4 Å². The maximum Gasteiger partial charge on any atom is 0.234 e. The third kappa shape index (κ3) is 5.24. The zero-order valence-corrected chi connectivity index (χ0v) is 14.5. The Bertz CT molecular complexity index is 648. The Balaban J connectivity index is 1.85. The Morgan fingerprint density at radius 1 is 1.38 bits per heavy atom.